The van der Waals surface area contributed by atoms with Crippen LogP contribution in [-0.2, 0) is 0 Å². The highest BCUT2D eigenvalue weighted by molar-refractivity contribution is 4.93. The van der Waals surface area contributed by atoms with Gasteiger partial charge in [-0.25, -0.2) is 0 Å². The molecular weight excluding hydrogens is 152 g/mol. The van der Waals surface area contributed by atoms with E-state index in [0.717, 1.165) is 25.0 Å². The molecule has 0 aromatic rings. The molecule has 0 aromatic heterocycles. The van der Waals surface area contributed by atoms with Crippen molar-refractivity contribution in [3.05, 3.63) is 0 Å². The second kappa shape index (κ2) is 3.73. The highest BCUT2D eigenvalue weighted by atomic mass is 16.3. The first kappa shape index (κ1) is 8.48. The van der Waals surface area contributed by atoms with Gasteiger partial charge in [-0.05, 0) is 18.8 Å². The van der Waals surface area contributed by atoms with Crippen LogP contribution in [0.2, 0.25) is 0 Å². The quantitative estimate of drug-likeness (QED) is 0.554. The molecule has 2 fully saturated rings. The summed E-state index contributed by atoms with van der Waals surface area (Å²) in [6.07, 6.45) is 2.85. The molecule has 2 N–H and O–H groups in total. The van der Waals surface area contributed by atoms with Gasteiger partial charge in [0.25, 0.3) is 0 Å². The average Bonchev–Trinajstić information content (AvgIpc) is 2.76. The van der Waals surface area contributed by atoms with Crippen LogP contribution >= 0.6 is 0 Å². The first-order valence-corrected chi connectivity index (χ1v) is 4.96. The molecule has 3 nitrogen and oxygen atoms in total. The third-order valence-electron chi connectivity index (χ3n) is 2.77. The van der Waals surface area contributed by atoms with E-state index in [1.54, 1.807) is 0 Å². The van der Waals surface area contributed by atoms with Gasteiger partial charge >= 0.3 is 0 Å². The molecule has 2 rings (SSSR count). The Morgan fingerprint density at radius 1 is 1.33 bits per heavy atom. The van der Waals surface area contributed by atoms with Crippen LogP contribution in [0, 0.1) is 5.92 Å². The summed E-state index contributed by atoms with van der Waals surface area (Å²) >= 11 is 0. The van der Waals surface area contributed by atoms with Gasteiger partial charge in [0.1, 0.15) is 0 Å². The minimum absolute atomic E-state index is 0.263. The van der Waals surface area contributed by atoms with E-state index in [9.17, 15) is 0 Å². The van der Waals surface area contributed by atoms with Gasteiger partial charge in [-0.3, -0.25) is 4.90 Å². The number of aliphatic hydroxyl groups excluding tert-OH is 1. The van der Waals surface area contributed by atoms with Crippen molar-refractivity contribution in [2.45, 2.75) is 18.9 Å². The number of rotatable bonds is 5. The van der Waals surface area contributed by atoms with Crippen LogP contribution in [-0.4, -0.2) is 48.8 Å². The zero-order chi connectivity index (χ0) is 8.39. The molecule has 0 bridgehead atoms. The van der Waals surface area contributed by atoms with Crippen molar-refractivity contribution in [2.75, 3.05) is 32.8 Å². The first-order chi connectivity index (χ1) is 5.90. The number of nitrogens with zero attached hydrogens (tertiary/aromatic N) is 1. The minimum Gasteiger partial charge on any atom is -0.395 e. The Bertz CT molecular complexity index is 141. The third kappa shape index (κ3) is 1.97. The van der Waals surface area contributed by atoms with Gasteiger partial charge in [-0.1, -0.05) is 0 Å². The second-order valence-corrected chi connectivity index (χ2v) is 3.98. The summed E-state index contributed by atoms with van der Waals surface area (Å²) in [6.45, 7) is 4.66. The highest BCUT2D eigenvalue weighted by Crippen LogP contribution is 2.32. The molecule has 3 heteroatoms. The van der Waals surface area contributed by atoms with Crippen molar-refractivity contribution in [2.24, 2.45) is 5.92 Å². The van der Waals surface area contributed by atoms with E-state index in [0.29, 0.717) is 0 Å². The lowest BCUT2D eigenvalue weighted by Gasteiger charge is -2.39. The molecule has 1 saturated carbocycles. The zero-order valence-electron chi connectivity index (χ0n) is 7.50. The maximum Gasteiger partial charge on any atom is 0.0555 e. The average molecular weight is 170 g/mol. The fourth-order valence-electron chi connectivity index (χ4n) is 1.86. The summed E-state index contributed by atoms with van der Waals surface area (Å²) in [6, 6.07) is 0.944. The molecule has 70 valence electrons. The topological polar surface area (TPSA) is 35.5 Å². The Labute approximate surface area is 73.8 Å². The molecule has 1 saturated heterocycles. The normalized spacial score (nSPS) is 25.8. The molecule has 0 atom stereocenters. The van der Waals surface area contributed by atoms with Crippen LogP contribution < -0.4 is 5.32 Å². The van der Waals surface area contributed by atoms with Crippen molar-refractivity contribution in [3.63, 3.8) is 0 Å². The molecule has 1 aliphatic heterocycles. The number of likely N-dealkylation sites (tertiary alicyclic amines) is 1. The SMILES string of the molecule is OCCNCC1CN(C2CC2)C1. The monoisotopic (exact) mass is 170 g/mol. The van der Waals surface area contributed by atoms with Crippen molar-refractivity contribution >= 4 is 0 Å². The Morgan fingerprint density at radius 2 is 2.08 bits per heavy atom. The van der Waals surface area contributed by atoms with E-state index in [1.807, 2.05) is 0 Å². The van der Waals surface area contributed by atoms with E-state index in [1.165, 1.54) is 25.9 Å². The van der Waals surface area contributed by atoms with E-state index < -0.39 is 0 Å². The first-order valence-electron chi connectivity index (χ1n) is 4.96. The van der Waals surface area contributed by atoms with E-state index in [2.05, 4.69) is 10.2 Å². The fraction of sp³-hybridized carbons (Fsp3) is 1.00. The van der Waals surface area contributed by atoms with Crippen LogP contribution in [0.5, 0.6) is 0 Å². The fourth-order valence-corrected chi connectivity index (χ4v) is 1.86. The van der Waals surface area contributed by atoms with Gasteiger partial charge in [-0.2, -0.15) is 0 Å². The van der Waals surface area contributed by atoms with Crippen LogP contribution in [0.4, 0.5) is 0 Å². The van der Waals surface area contributed by atoms with E-state index in [4.69, 9.17) is 5.11 Å². The number of aliphatic hydroxyl groups is 1. The molecule has 0 aromatic carbocycles. The summed E-state index contributed by atoms with van der Waals surface area (Å²) in [5, 5.41) is 11.8. The molecule has 12 heavy (non-hydrogen) atoms. The second-order valence-electron chi connectivity index (χ2n) is 3.98. The summed E-state index contributed by atoms with van der Waals surface area (Å²) in [5.74, 6) is 0.845. The minimum atomic E-state index is 0.263. The maximum absolute atomic E-state index is 8.55. The smallest absolute Gasteiger partial charge is 0.0555 e. The van der Waals surface area contributed by atoms with Gasteiger partial charge in [0.05, 0.1) is 6.61 Å². The summed E-state index contributed by atoms with van der Waals surface area (Å²) < 4.78 is 0. The van der Waals surface area contributed by atoms with Crippen LogP contribution in [0.1, 0.15) is 12.8 Å². The predicted octanol–water partition coefficient (Wildman–Crippen LogP) is -0.337. The molecule has 0 spiro atoms. The van der Waals surface area contributed by atoms with Crippen LogP contribution in [0.3, 0.4) is 0 Å². The Hall–Kier alpha value is -0.120. The number of hydrogen-bond acceptors (Lipinski definition) is 3. The molecule has 0 amide bonds. The zero-order valence-corrected chi connectivity index (χ0v) is 7.50. The third-order valence-corrected chi connectivity index (χ3v) is 2.77. The lowest BCUT2D eigenvalue weighted by Crippen LogP contribution is -2.51. The predicted molar refractivity (Wildman–Crippen MR) is 48.0 cm³/mol. The summed E-state index contributed by atoms with van der Waals surface area (Å²) in [7, 11) is 0. The summed E-state index contributed by atoms with van der Waals surface area (Å²) in [5.41, 5.74) is 0. The molecule has 1 heterocycles. The van der Waals surface area contributed by atoms with Crippen LogP contribution in [0.15, 0.2) is 0 Å². The van der Waals surface area contributed by atoms with Crippen molar-refractivity contribution in [1.29, 1.82) is 0 Å². The van der Waals surface area contributed by atoms with Gasteiger partial charge in [0.2, 0.25) is 0 Å². The number of nitrogens with one attached hydrogen (secondary N) is 1. The van der Waals surface area contributed by atoms with Crippen molar-refractivity contribution in [3.8, 4) is 0 Å². The van der Waals surface area contributed by atoms with Crippen LogP contribution in [0.25, 0.3) is 0 Å². The molecule has 1 aliphatic carbocycles. The largest absolute Gasteiger partial charge is 0.395 e. The highest BCUT2D eigenvalue weighted by Gasteiger charge is 2.37. The Balaban J connectivity index is 1.50. The van der Waals surface area contributed by atoms with E-state index in [-0.39, 0.29) is 6.61 Å². The lowest BCUT2D eigenvalue weighted by atomic mass is 10.00. The molecule has 0 unspecified atom stereocenters. The van der Waals surface area contributed by atoms with Gasteiger partial charge in [-0.15, -0.1) is 0 Å². The Morgan fingerprint density at radius 3 is 2.67 bits per heavy atom. The van der Waals surface area contributed by atoms with E-state index >= 15 is 0 Å². The molecule has 0 radical (unpaired) electrons. The Kier molecular flexibility index (Phi) is 2.63. The maximum atomic E-state index is 8.55. The molecule has 2 aliphatic rings. The van der Waals surface area contributed by atoms with Gasteiger partial charge in [0, 0.05) is 32.2 Å². The lowest BCUT2D eigenvalue weighted by molar-refractivity contribution is 0.0902. The van der Waals surface area contributed by atoms with Crippen molar-refractivity contribution in [1.82, 2.24) is 10.2 Å². The standard InChI is InChI=1S/C9H18N2O/c12-4-3-10-5-8-6-11(7-8)9-1-2-9/h8-10,12H,1-7H2. The van der Waals surface area contributed by atoms with Gasteiger partial charge in [0.15, 0.2) is 0 Å². The van der Waals surface area contributed by atoms with Crippen molar-refractivity contribution < 1.29 is 5.11 Å². The summed E-state index contributed by atoms with van der Waals surface area (Å²) in [4.78, 5) is 2.57. The van der Waals surface area contributed by atoms with Gasteiger partial charge < -0.3 is 10.4 Å². The molecular formula is C9H18N2O. The number of hydrogen-bond donors (Lipinski definition) is 2.